The molecule has 0 radical (unpaired) electrons. The molecule has 1 aromatic heterocycles. The van der Waals surface area contributed by atoms with Crippen LogP contribution in [-0.2, 0) is 0 Å². The summed E-state index contributed by atoms with van der Waals surface area (Å²) in [4.78, 5) is 1.26. The second-order valence-corrected chi connectivity index (χ2v) is 6.07. The third-order valence-corrected chi connectivity index (χ3v) is 4.20. The van der Waals surface area contributed by atoms with Crippen molar-refractivity contribution in [2.75, 3.05) is 5.32 Å². The molecule has 0 aliphatic carbocycles. The lowest BCUT2D eigenvalue weighted by Gasteiger charge is -2.16. The van der Waals surface area contributed by atoms with E-state index in [1.165, 1.54) is 21.7 Å². The van der Waals surface area contributed by atoms with Crippen molar-refractivity contribution >= 4 is 28.6 Å². The lowest BCUT2D eigenvalue weighted by atomic mass is 10.1. The van der Waals surface area contributed by atoms with E-state index in [0.717, 1.165) is 4.34 Å². The van der Waals surface area contributed by atoms with E-state index >= 15 is 0 Å². The topological polar surface area (TPSA) is 12.0 Å². The molecule has 0 aliphatic rings. The van der Waals surface area contributed by atoms with E-state index in [4.69, 9.17) is 11.6 Å². The summed E-state index contributed by atoms with van der Waals surface area (Å²) in [7, 11) is 0. The fourth-order valence-electron chi connectivity index (χ4n) is 1.76. The third-order valence-electron chi connectivity index (χ3n) is 2.79. The Labute approximate surface area is 111 Å². The first-order valence-corrected chi connectivity index (χ1v) is 6.85. The Morgan fingerprint density at radius 1 is 1.18 bits per heavy atom. The summed E-state index contributed by atoms with van der Waals surface area (Å²) in [6.45, 7) is 6.39. The van der Waals surface area contributed by atoms with Crippen molar-refractivity contribution < 1.29 is 0 Å². The molecule has 1 heterocycles. The van der Waals surface area contributed by atoms with E-state index in [1.807, 2.05) is 6.07 Å². The zero-order valence-electron chi connectivity index (χ0n) is 10.3. The van der Waals surface area contributed by atoms with Crippen LogP contribution in [0.5, 0.6) is 0 Å². The largest absolute Gasteiger partial charge is 0.377 e. The van der Waals surface area contributed by atoms with Crippen LogP contribution in [0.3, 0.4) is 0 Å². The first kappa shape index (κ1) is 12.5. The van der Waals surface area contributed by atoms with Crippen molar-refractivity contribution in [1.82, 2.24) is 0 Å². The van der Waals surface area contributed by atoms with Crippen molar-refractivity contribution in [2.24, 2.45) is 0 Å². The summed E-state index contributed by atoms with van der Waals surface area (Å²) < 4.78 is 0.842. The fraction of sp³-hybridized carbons (Fsp3) is 0.286. The molecule has 0 saturated carbocycles. The number of hydrogen-bond acceptors (Lipinski definition) is 2. The first-order chi connectivity index (χ1) is 8.06. The Balaban J connectivity index is 2.18. The lowest BCUT2D eigenvalue weighted by Crippen LogP contribution is -2.06. The number of anilines is 1. The second kappa shape index (κ2) is 5.11. The monoisotopic (exact) mass is 265 g/mol. The van der Waals surface area contributed by atoms with Gasteiger partial charge < -0.3 is 5.32 Å². The van der Waals surface area contributed by atoms with E-state index in [0.29, 0.717) is 0 Å². The molecule has 0 fully saturated rings. The molecule has 0 aliphatic heterocycles. The second-order valence-electron chi connectivity index (χ2n) is 4.33. The maximum absolute atomic E-state index is 5.95. The number of hydrogen-bond donors (Lipinski definition) is 1. The van der Waals surface area contributed by atoms with Crippen LogP contribution in [0.2, 0.25) is 4.34 Å². The average Bonchev–Trinajstić information content (AvgIpc) is 2.70. The number of halogens is 1. The number of aryl methyl sites for hydroxylation is 2. The van der Waals surface area contributed by atoms with Crippen LogP contribution in [0, 0.1) is 13.8 Å². The van der Waals surface area contributed by atoms with Gasteiger partial charge in [-0.25, -0.2) is 0 Å². The van der Waals surface area contributed by atoms with E-state index in [9.17, 15) is 0 Å². The zero-order valence-corrected chi connectivity index (χ0v) is 11.8. The van der Waals surface area contributed by atoms with E-state index < -0.39 is 0 Å². The molecule has 0 amide bonds. The quantitative estimate of drug-likeness (QED) is 0.805. The molecule has 1 atom stereocenters. The molecule has 0 saturated heterocycles. The van der Waals surface area contributed by atoms with Gasteiger partial charge in [0, 0.05) is 10.6 Å². The molecule has 17 heavy (non-hydrogen) atoms. The molecule has 1 aromatic carbocycles. The number of nitrogens with one attached hydrogen (secondary N) is 1. The van der Waals surface area contributed by atoms with Gasteiger partial charge in [0.05, 0.1) is 10.4 Å². The van der Waals surface area contributed by atoms with Gasteiger partial charge in [-0.2, -0.15) is 0 Å². The highest BCUT2D eigenvalue weighted by Crippen LogP contribution is 2.30. The minimum atomic E-state index is 0.285. The van der Waals surface area contributed by atoms with Crippen molar-refractivity contribution in [3.05, 3.63) is 50.7 Å². The maximum Gasteiger partial charge on any atom is 0.0932 e. The van der Waals surface area contributed by atoms with Crippen molar-refractivity contribution in [3.63, 3.8) is 0 Å². The van der Waals surface area contributed by atoms with Crippen LogP contribution < -0.4 is 5.32 Å². The van der Waals surface area contributed by atoms with Gasteiger partial charge >= 0.3 is 0 Å². The molecule has 0 bridgehead atoms. The van der Waals surface area contributed by atoms with Crippen molar-refractivity contribution in [2.45, 2.75) is 26.8 Å². The molecular weight excluding hydrogens is 250 g/mol. The van der Waals surface area contributed by atoms with Gasteiger partial charge in [-0.1, -0.05) is 23.7 Å². The molecule has 0 spiro atoms. The van der Waals surface area contributed by atoms with Crippen LogP contribution in [-0.4, -0.2) is 0 Å². The molecular formula is C14H16ClNS. The van der Waals surface area contributed by atoms with Crippen molar-refractivity contribution in [1.29, 1.82) is 0 Å². The predicted octanol–water partition coefficient (Wildman–Crippen LogP) is 5.19. The summed E-state index contributed by atoms with van der Waals surface area (Å²) in [5.74, 6) is 0. The molecule has 90 valence electrons. The first-order valence-electron chi connectivity index (χ1n) is 5.65. The summed E-state index contributed by atoms with van der Waals surface area (Å²) >= 11 is 7.58. The zero-order chi connectivity index (χ0) is 12.4. The molecule has 2 rings (SSSR count). The van der Waals surface area contributed by atoms with E-state index in [1.54, 1.807) is 11.3 Å². The summed E-state index contributed by atoms with van der Waals surface area (Å²) in [5, 5.41) is 3.53. The Morgan fingerprint density at radius 3 is 2.59 bits per heavy atom. The average molecular weight is 266 g/mol. The minimum absolute atomic E-state index is 0.285. The standard InChI is InChI=1S/C14H16ClNS/c1-9-4-5-10(2)12(8-9)16-11(3)13-6-7-14(15)17-13/h4-8,11,16H,1-3H3. The Bertz CT molecular complexity index is 519. The normalized spacial score (nSPS) is 12.5. The highest BCUT2D eigenvalue weighted by molar-refractivity contribution is 7.16. The van der Waals surface area contributed by atoms with E-state index in [-0.39, 0.29) is 6.04 Å². The molecule has 1 unspecified atom stereocenters. The SMILES string of the molecule is Cc1ccc(C)c(NC(C)c2ccc(Cl)s2)c1. The number of benzene rings is 1. The highest BCUT2D eigenvalue weighted by Gasteiger charge is 2.09. The van der Waals surface area contributed by atoms with Crippen LogP contribution >= 0.6 is 22.9 Å². The van der Waals surface area contributed by atoms with Gasteiger partial charge in [0.2, 0.25) is 0 Å². The van der Waals surface area contributed by atoms with Gasteiger partial charge in [-0.3, -0.25) is 0 Å². The van der Waals surface area contributed by atoms with Gasteiger partial charge in [0.15, 0.2) is 0 Å². The Kier molecular flexibility index (Phi) is 3.75. The molecule has 3 heteroatoms. The minimum Gasteiger partial charge on any atom is -0.377 e. The number of rotatable bonds is 3. The maximum atomic E-state index is 5.95. The summed E-state index contributed by atoms with van der Waals surface area (Å²) in [6, 6.07) is 10.8. The summed E-state index contributed by atoms with van der Waals surface area (Å²) in [5.41, 5.74) is 3.74. The molecule has 2 aromatic rings. The third kappa shape index (κ3) is 3.02. The van der Waals surface area contributed by atoms with Gasteiger partial charge in [-0.15, -0.1) is 11.3 Å². The predicted molar refractivity (Wildman–Crippen MR) is 77.3 cm³/mol. The Hall–Kier alpha value is -0.990. The summed E-state index contributed by atoms with van der Waals surface area (Å²) in [6.07, 6.45) is 0. The van der Waals surface area contributed by atoms with Gasteiger partial charge in [0.1, 0.15) is 0 Å². The van der Waals surface area contributed by atoms with Crippen LogP contribution in [0.25, 0.3) is 0 Å². The van der Waals surface area contributed by atoms with Gasteiger partial charge in [0.25, 0.3) is 0 Å². The molecule has 1 nitrogen and oxygen atoms in total. The fourth-order valence-corrected chi connectivity index (χ4v) is 2.82. The van der Waals surface area contributed by atoms with Crippen LogP contribution in [0.15, 0.2) is 30.3 Å². The lowest BCUT2D eigenvalue weighted by molar-refractivity contribution is 0.905. The molecule has 1 N–H and O–H groups in total. The number of thiophene rings is 1. The van der Waals surface area contributed by atoms with E-state index in [2.05, 4.69) is 50.4 Å². The van der Waals surface area contributed by atoms with Crippen LogP contribution in [0.4, 0.5) is 5.69 Å². The highest BCUT2D eigenvalue weighted by atomic mass is 35.5. The van der Waals surface area contributed by atoms with Gasteiger partial charge in [-0.05, 0) is 50.1 Å². The van der Waals surface area contributed by atoms with Crippen LogP contribution in [0.1, 0.15) is 29.0 Å². The van der Waals surface area contributed by atoms with Crippen molar-refractivity contribution in [3.8, 4) is 0 Å². The smallest absolute Gasteiger partial charge is 0.0932 e. The Morgan fingerprint density at radius 2 is 1.94 bits per heavy atom.